The third kappa shape index (κ3) is 3.11. The van der Waals surface area contributed by atoms with E-state index in [2.05, 4.69) is 20.3 Å². The van der Waals surface area contributed by atoms with Crippen molar-refractivity contribution in [2.45, 2.75) is 56.1 Å². The van der Waals surface area contributed by atoms with E-state index in [0.29, 0.717) is 0 Å². The summed E-state index contributed by atoms with van der Waals surface area (Å²) in [6.45, 7) is -0.637. The normalized spacial score (nSPS) is 29.3. The number of nitrogens with one attached hydrogen (secondary N) is 1. The number of nitrogens with zero attached hydrogens (tertiary/aromatic N) is 4. The lowest BCUT2D eigenvalue weighted by molar-refractivity contribution is -0.144. The van der Waals surface area contributed by atoms with Gasteiger partial charge in [-0.2, -0.15) is 13.2 Å². The predicted octanol–water partition coefficient (Wildman–Crippen LogP) is 1.40. The van der Waals surface area contributed by atoms with Crippen LogP contribution in [0.4, 0.5) is 23.4 Å². The number of anilines is 1. The average molecular weight is 391 g/mol. The number of aliphatic hydroxyl groups is 2. The van der Waals surface area contributed by atoms with Gasteiger partial charge in [0.25, 0.3) is 0 Å². The first kappa shape index (κ1) is 18.3. The Morgan fingerprint density at radius 3 is 2.59 bits per heavy atom. The van der Waals surface area contributed by atoms with Gasteiger partial charge in [-0.05, 0) is 19.3 Å². The van der Waals surface area contributed by atoms with E-state index in [-0.39, 0.29) is 23.0 Å². The number of rotatable bonds is 4. The summed E-state index contributed by atoms with van der Waals surface area (Å²) in [6.07, 6.45) is -7.39. The van der Waals surface area contributed by atoms with Crippen molar-refractivity contribution in [3.05, 3.63) is 12.2 Å². The lowest BCUT2D eigenvalue weighted by atomic mass is 9.93. The third-order valence-corrected chi connectivity index (χ3v) is 4.87. The molecule has 1 aliphatic carbocycles. The van der Waals surface area contributed by atoms with Crippen molar-refractivity contribution in [3.63, 3.8) is 0 Å². The van der Waals surface area contributed by atoms with Crippen LogP contribution in [0, 0.1) is 0 Å². The van der Waals surface area contributed by atoms with Gasteiger partial charge in [-0.3, -0.25) is 4.57 Å². The van der Waals surface area contributed by atoms with Crippen molar-refractivity contribution in [1.29, 1.82) is 0 Å². The van der Waals surface area contributed by atoms with Gasteiger partial charge in [-0.1, -0.05) is 0 Å². The van der Waals surface area contributed by atoms with Gasteiger partial charge in [0.05, 0.1) is 12.9 Å². The first-order chi connectivity index (χ1) is 12.8. The third-order valence-electron chi connectivity index (χ3n) is 4.87. The van der Waals surface area contributed by atoms with Crippen molar-refractivity contribution < 1.29 is 32.5 Å². The summed E-state index contributed by atoms with van der Waals surface area (Å²) in [4.78, 5) is 11.1. The maximum absolute atomic E-state index is 14.4. The molecule has 3 N–H and O–H groups in total. The number of fused-ring (bicyclic) bond motifs is 1. The Morgan fingerprint density at radius 2 is 2.04 bits per heavy atom. The Labute approximate surface area is 150 Å². The molecule has 1 saturated heterocycles. The van der Waals surface area contributed by atoms with Crippen LogP contribution in [-0.4, -0.2) is 60.8 Å². The molecule has 2 aromatic rings. The zero-order valence-electron chi connectivity index (χ0n) is 13.9. The molecular formula is C15H17F4N5O3. The fourth-order valence-electron chi connectivity index (χ4n) is 3.15. The molecule has 0 amide bonds. The number of imidazole rings is 1. The topological polar surface area (TPSA) is 105 Å². The van der Waals surface area contributed by atoms with E-state index in [4.69, 9.17) is 9.84 Å². The van der Waals surface area contributed by atoms with E-state index in [9.17, 15) is 22.7 Å². The highest BCUT2D eigenvalue weighted by Gasteiger charge is 2.46. The second kappa shape index (κ2) is 6.53. The Balaban J connectivity index is 1.79. The molecule has 8 nitrogen and oxygen atoms in total. The molecule has 2 fully saturated rings. The van der Waals surface area contributed by atoms with Gasteiger partial charge in [0.1, 0.15) is 12.2 Å². The minimum absolute atomic E-state index is 0.00780. The Kier molecular flexibility index (Phi) is 4.43. The summed E-state index contributed by atoms with van der Waals surface area (Å²) in [6, 6.07) is -0.00780. The molecular weight excluding hydrogens is 374 g/mol. The molecule has 4 atom stereocenters. The Hall–Kier alpha value is -2.05. The highest BCUT2D eigenvalue weighted by Crippen LogP contribution is 2.36. The van der Waals surface area contributed by atoms with E-state index in [1.807, 2.05) is 0 Å². The van der Waals surface area contributed by atoms with E-state index in [1.165, 1.54) is 0 Å². The standard InChI is InChI=1S/C15H17F4N5O3/c16-8-10(26)7(4-25)27-13(8)24-5-20-9-11(21-6-2-1-3-6)22-14(15(17,18)19)23-12(9)24/h5-8,10,13,25-26H,1-4H2,(H,21,22,23)/t7-,8?,10?,13-/m1/s1. The van der Waals surface area contributed by atoms with Crippen LogP contribution < -0.4 is 5.32 Å². The second-order valence-corrected chi connectivity index (χ2v) is 6.67. The molecule has 0 spiro atoms. The number of hydrogen-bond donors (Lipinski definition) is 3. The maximum atomic E-state index is 14.4. The molecule has 27 heavy (non-hydrogen) atoms. The summed E-state index contributed by atoms with van der Waals surface area (Å²) in [5, 5.41) is 21.9. The quantitative estimate of drug-likeness (QED) is 0.677. The highest BCUT2D eigenvalue weighted by molar-refractivity contribution is 5.83. The molecule has 0 bridgehead atoms. The molecule has 1 aliphatic heterocycles. The molecule has 3 heterocycles. The zero-order chi connectivity index (χ0) is 19.3. The highest BCUT2D eigenvalue weighted by atomic mass is 19.4. The van der Waals surface area contributed by atoms with Gasteiger partial charge in [0.15, 0.2) is 29.4 Å². The fourth-order valence-corrected chi connectivity index (χ4v) is 3.15. The van der Waals surface area contributed by atoms with Crippen LogP contribution in [0.1, 0.15) is 31.3 Å². The molecule has 0 aromatic carbocycles. The van der Waals surface area contributed by atoms with Crippen LogP contribution in [0.25, 0.3) is 11.2 Å². The molecule has 12 heteroatoms. The second-order valence-electron chi connectivity index (χ2n) is 6.67. The summed E-state index contributed by atoms with van der Waals surface area (Å²) in [7, 11) is 0. The van der Waals surface area contributed by atoms with Crippen LogP contribution in [-0.2, 0) is 10.9 Å². The molecule has 2 aliphatic rings. The van der Waals surface area contributed by atoms with Crippen molar-refractivity contribution in [2.75, 3.05) is 11.9 Å². The lowest BCUT2D eigenvalue weighted by Gasteiger charge is -2.27. The number of ether oxygens (including phenoxy) is 1. The van der Waals surface area contributed by atoms with Gasteiger partial charge in [0, 0.05) is 6.04 Å². The lowest BCUT2D eigenvalue weighted by Crippen LogP contribution is -2.30. The number of alkyl halides is 4. The minimum atomic E-state index is -4.81. The van der Waals surface area contributed by atoms with Crippen molar-refractivity contribution in [2.24, 2.45) is 0 Å². The van der Waals surface area contributed by atoms with Gasteiger partial charge in [0.2, 0.25) is 5.82 Å². The molecule has 2 aromatic heterocycles. The van der Waals surface area contributed by atoms with Crippen LogP contribution in [0.2, 0.25) is 0 Å². The fraction of sp³-hybridized carbons (Fsp3) is 0.667. The first-order valence-corrected chi connectivity index (χ1v) is 8.46. The molecule has 0 radical (unpaired) electrons. The summed E-state index contributed by atoms with van der Waals surface area (Å²) in [5.74, 6) is -1.46. The monoisotopic (exact) mass is 391 g/mol. The van der Waals surface area contributed by atoms with E-state index < -0.39 is 43.2 Å². The molecule has 148 valence electrons. The SMILES string of the molecule is OC[C@H]1O[C@@H](n2cnc3c(NC4CCC4)nc(C(F)(F)F)nc32)C(F)C1O. The summed E-state index contributed by atoms with van der Waals surface area (Å²) >= 11 is 0. The predicted molar refractivity (Wildman–Crippen MR) is 83.5 cm³/mol. The maximum Gasteiger partial charge on any atom is 0.451 e. The van der Waals surface area contributed by atoms with E-state index >= 15 is 0 Å². The average Bonchev–Trinajstić information content (AvgIpc) is 3.12. The first-order valence-electron chi connectivity index (χ1n) is 8.46. The van der Waals surface area contributed by atoms with Gasteiger partial charge < -0.3 is 20.3 Å². The van der Waals surface area contributed by atoms with E-state index in [1.54, 1.807) is 0 Å². The van der Waals surface area contributed by atoms with Crippen molar-refractivity contribution in [3.8, 4) is 0 Å². The van der Waals surface area contributed by atoms with Gasteiger partial charge in [-0.25, -0.2) is 19.3 Å². The van der Waals surface area contributed by atoms with Crippen LogP contribution in [0.5, 0.6) is 0 Å². The number of hydrogen-bond acceptors (Lipinski definition) is 7. The Morgan fingerprint density at radius 1 is 1.30 bits per heavy atom. The van der Waals surface area contributed by atoms with E-state index in [0.717, 1.165) is 30.2 Å². The van der Waals surface area contributed by atoms with Crippen LogP contribution in [0.15, 0.2) is 6.33 Å². The van der Waals surface area contributed by atoms with Crippen LogP contribution >= 0.6 is 0 Å². The van der Waals surface area contributed by atoms with Crippen molar-refractivity contribution in [1.82, 2.24) is 19.5 Å². The molecule has 1 saturated carbocycles. The molecule has 2 unspecified atom stereocenters. The molecule has 4 rings (SSSR count). The van der Waals surface area contributed by atoms with Gasteiger partial charge in [-0.15, -0.1) is 0 Å². The van der Waals surface area contributed by atoms with Crippen molar-refractivity contribution >= 4 is 17.0 Å². The smallest absolute Gasteiger partial charge is 0.394 e. The zero-order valence-corrected chi connectivity index (χ0v) is 13.9. The van der Waals surface area contributed by atoms with Crippen LogP contribution in [0.3, 0.4) is 0 Å². The summed E-state index contributed by atoms with van der Waals surface area (Å²) in [5.41, 5.74) is -0.217. The number of aliphatic hydroxyl groups excluding tert-OH is 2. The van der Waals surface area contributed by atoms with Gasteiger partial charge >= 0.3 is 6.18 Å². The largest absolute Gasteiger partial charge is 0.451 e. The summed E-state index contributed by atoms with van der Waals surface area (Å²) < 4.78 is 60.4. The number of aromatic nitrogens is 4. The number of halogens is 4. The minimum Gasteiger partial charge on any atom is -0.394 e. The Bertz CT molecular complexity index is 841.